The van der Waals surface area contributed by atoms with Crippen LogP contribution in [0.15, 0.2) is 60.8 Å². The van der Waals surface area contributed by atoms with Gasteiger partial charge in [-0.05, 0) is 98.7 Å². The molecular weight excluding hydrogens is 483 g/mol. The zero-order valence-corrected chi connectivity index (χ0v) is 25.7. The van der Waals surface area contributed by atoms with Crippen LogP contribution in [0, 0.1) is 6.92 Å². The highest BCUT2D eigenvalue weighted by atomic mass is 15.2. The third-order valence-corrected chi connectivity index (χ3v) is 9.80. The van der Waals surface area contributed by atoms with E-state index in [1.165, 1.54) is 74.0 Å². The predicted molar refractivity (Wildman–Crippen MR) is 172 cm³/mol. The van der Waals surface area contributed by atoms with Crippen LogP contribution in [-0.2, 0) is 29.1 Å². The average molecular weight is 525 g/mol. The van der Waals surface area contributed by atoms with Gasteiger partial charge in [0, 0.05) is 23.0 Å². The maximum atomic E-state index is 5.28. The first kappa shape index (κ1) is 25.6. The van der Waals surface area contributed by atoms with Gasteiger partial charge in [-0.2, -0.15) is 0 Å². The number of nitrogens with zero attached hydrogens (tertiary/aromatic N) is 2. The lowest BCUT2D eigenvalue weighted by Gasteiger charge is -2.46. The van der Waals surface area contributed by atoms with Crippen LogP contribution in [-0.4, -0.2) is 11.7 Å². The standard InChI is InChI=1S/C37H41BN2/c1-22-16-29-33-32(17-22)40(27-14-12-25(13-15-27)35(2,3)4)34-31(20-26(21-39-34)36(5,6)7)38(33)30-19-24-11-10-23(24)18-28(30)37(29,8)9/h12-21H,10-11H2,1-9H3. The van der Waals surface area contributed by atoms with E-state index in [0.29, 0.717) is 0 Å². The molecule has 3 heterocycles. The first-order valence-electron chi connectivity index (χ1n) is 15.0. The molecule has 1 aromatic heterocycles. The molecule has 2 aliphatic heterocycles. The number of aromatic nitrogens is 1. The summed E-state index contributed by atoms with van der Waals surface area (Å²) in [5.74, 6) is 1.07. The third kappa shape index (κ3) is 3.59. The Hall–Kier alpha value is -3.33. The van der Waals surface area contributed by atoms with E-state index in [9.17, 15) is 0 Å². The fourth-order valence-corrected chi connectivity index (χ4v) is 7.22. The molecule has 3 aromatic carbocycles. The summed E-state index contributed by atoms with van der Waals surface area (Å²) >= 11 is 0. The lowest BCUT2D eigenvalue weighted by atomic mass is 9.30. The van der Waals surface area contributed by atoms with Crippen LogP contribution in [0.5, 0.6) is 0 Å². The molecule has 202 valence electrons. The van der Waals surface area contributed by atoms with Crippen LogP contribution in [0.2, 0.25) is 0 Å². The zero-order chi connectivity index (χ0) is 28.4. The fourth-order valence-electron chi connectivity index (χ4n) is 7.22. The first-order valence-corrected chi connectivity index (χ1v) is 15.0. The zero-order valence-electron chi connectivity index (χ0n) is 25.7. The molecule has 0 radical (unpaired) electrons. The Morgan fingerprint density at radius 3 is 2.02 bits per heavy atom. The number of hydrogen-bond acceptors (Lipinski definition) is 2. The van der Waals surface area contributed by atoms with Gasteiger partial charge in [0.05, 0.1) is 0 Å². The van der Waals surface area contributed by atoms with E-state index in [1.807, 2.05) is 0 Å². The Kier molecular flexibility index (Phi) is 5.20. The fraction of sp³-hybridized carbons (Fsp3) is 0.378. The lowest BCUT2D eigenvalue weighted by Crippen LogP contribution is -2.64. The average Bonchev–Trinajstić information content (AvgIpc) is 2.86. The molecule has 0 saturated heterocycles. The monoisotopic (exact) mass is 524 g/mol. The molecule has 4 aromatic rings. The molecule has 0 unspecified atom stereocenters. The molecule has 0 amide bonds. The molecule has 0 saturated carbocycles. The van der Waals surface area contributed by atoms with Crippen molar-refractivity contribution in [1.82, 2.24) is 4.98 Å². The van der Waals surface area contributed by atoms with Gasteiger partial charge in [0.15, 0.2) is 0 Å². The Bertz CT molecular complexity index is 1700. The van der Waals surface area contributed by atoms with Crippen molar-refractivity contribution in [3.05, 3.63) is 99.7 Å². The topological polar surface area (TPSA) is 16.1 Å². The Balaban J connectivity index is 1.56. The molecule has 0 spiro atoms. The van der Waals surface area contributed by atoms with Gasteiger partial charge in [-0.15, -0.1) is 0 Å². The van der Waals surface area contributed by atoms with Gasteiger partial charge in [0.2, 0.25) is 6.71 Å². The number of anilines is 3. The Labute approximate surface area is 240 Å². The van der Waals surface area contributed by atoms with E-state index in [4.69, 9.17) is 4.98 Å². The Morgan fingerprint density at radius 2 is 1.40 bits per heavy atom. The number of aryl methyl sites for hydroxylation is 3. The smallest absolute Gasteiger partial charge is 0.249 e. The summed E-state index contributed by atoms with van der Waals surface area (Å²) in [7, 11) is 0. The van der Waals surface area contributed by atoms with E-state index < -0.39 is 0 Å². The highest BCUT2D eigenvalue weighted by Crippen LogP contribution is 2.44. The van der Waals surface area contributed by atoms with Crippen molar-refractivity contribution < 1.29 is 0 Å². The maximum absolute atomic E-state index is 5.28. The molecule has 0 atom stereocenters. The summed E-state index contributed by atoms with van der Waals surface area (Å²) in [5.41, 5.74) is 16.8. The van der Waals surface area contributed by atoms with Crippen LogP contribution in [0.25, 0.3) is 0 Å². The number of rotatable bonds is 1. The highest BCUT2D eigenvalue weighted by Gasteiger charge is 2.47. The highest BCUT2D eigenvalue weighted by molar-refractivity contribution is 6.99. The van der Waals surface area contributed by atoms with E-state index in [0.717, 1.165) is 5.82 Å². The second-order valence-corrected chi connectivity index (χ2v) is 15.0. The van der Waals surface area contributed by atoms with Gasteiger partial charge in [-0.25, -0.2) is 4.98 Å². The summed E-state index contributed by atoms with van der Waals surface area (Å²) in [4.78, 5) is 7.73. The summed E-state index contributed by atoms with van der Waals surface area (Å²) in [6.45, 7) is 21.0. The van der Waals surface area contributed by atoms with Gasteiger partial charge in [0.25, 0.3) is 0 Å². The van der Waals surface area contributed by atoms with Gasteiger partial charge >= 0.3 is 0 Å². The van der Waals surface area contributed by atoms with Gasteiger partial charge in [0.1, 0.15) is 5.82 Å². The van der Waals surface area contributed by atoms with Gasteiger partial charge < -0.3 is 0 Å². The molecule has 3 heteroatoms. The van der Waals surface area contributed by atoms with Crippen molar-refractivity contribution >= 4 is 40.3 Å². The maximum Gasteiger partial charge on any atom is 0.249 e. The Morgan fingerprint density at radius 1 is 0.750 bits per heavy atom. The van der Waals surface area contributed by atoms with Crippen molar-refractivity contribution in [2.24, 2.45) is 0 Å². The first-order chi connectivity index (χ1) is 18.7. The predicted octanol–water partition coefficient (Wildman–Crippen LogP) is 7.02. The van der Waals surface area contributed by atoms with E-state index in [1.54, 1.807) is 5.56 Å². The second kappa shape index (κ2) is 8.12. The molecular formula is C37H41BN2. The molecule has 2 nitrogen and oxygen atoms in total. The number of fused-ring (bicyclic) bond motifs is 5. The molecule has 40 heavy (non-hydrogen) atoms. The quantitative estimate of drug-likeness (QED) is 0.219. The second-order valence-electron chi connectivity index (χ2n) is 15.0. The molecule has 3 aliphatic rings. The van der Waals surface area contributed by atoms with Crippen LogP contribution in [0.3, 0.4) is 0 Å². The summed E-state index contributed by atoms with van der Waals surface area (Å²) < 4.78 is 0. The third-order valence-electron chi connectivity index (χ3n) is 9.80. The van der Waals surface area contributed by atoms with Crippen molar-refractivity contribution in [2.75, 3.05) is 4.90 Å². The number of pyridine rings is 1. The minimum atomic E-state index is -0.0686. The number of benzene rings is 3. The molecule has 0 N–H and O–H groups in total. The van der Waals surface area contributed by atoms with E-state index in [-0.39, 0.29) is 23.0 Å². The molecule has 0 bridgehead atoms. The van der Waals surface area contributed by atoms with Crippen LogP contribution in [0.4, 0.5) is 17.2 Å². The van der Waals surface area contributed by atoms with Crippen LogP contribution < -0.4 is 21.3 Å². The van der Waals surface area contributed by atoms with E-state index >= 15 is 0 Å². The summed E-state index contributed by atoms with van der Waals surface area (Å²) in [6.07, 6.45) is 4.52. The van der Waals surface area contributed by atoms with Crippen LogP contribution >= 0.6 is 0 Å². The van der Waals surface area contributed by atoms with Gasteiger partial charge in [-0.1, -0.05) is 97.3 Å². The molecule has 7 rings (SSSR count). The van der Waals surface area contributed by atoms with Gasteiger partial charge in [-0.3, -0.25) is 4.90 Å². The number of hydrogen-bond donors (Lipinski definition) is 0. The van der Waals surface area contributed by atoms with Crippen LogP contribution in [0.1, 0.15) is 94.3 Å². The normalized spacial score (nSPS) is 16.5. The SMILES string of the molecule is Cc1cc2c3c(c1)C(C)(C)c1cc4c(cc1B3c1cc(C(C)(C)C)cnc1N2c1ccc(C(C)(C)C)cc1)CC4. The minimum Gasteiger partial charge on any atom is -0.296 e. The summed E-state index contributed by atoms with van der Waals surface area (Å²) in [5, 5.41) is 0. The minimum absolute atomic E-state index is 0.0226. The largest absolute Gasteiger partial charge is 0.296 e. The van der Waals surface area contributed by atoms with Crippen molar-refractivity contribution in [1.29, 1.82) is 0 Å². The molecule has 1 aliphatic carbocycles. The van der Waals surface area contributed by atoms with E-state index in [2.05, 4.69) is 128 Å². The molecule has 0 fully saturated rings. The van der Waals surface area contributed by atoms with Crippen molar-refractivity contribution in [3.63, 3.8) is 0 Å². The van der Waals surface area contributed by atoms with Crippen molar-refractivity contribution in [3.8, 4) is 0 Å². The summed E-state index contributed by atoms with van der Waals surface area (Å²) in [6, 6.07) is 21.6. The lowest BCUT2D eigenvalue weighted by molar-refractivity contribution is 0.588. The van der Waals surface area contributed by atoms with Crippen molar-refractivity contribution in [2.45, 2.75) is 91.4 Å².